The van der Waals surface area contributed by atoms with Crippen LogP contribution in [-0.4, -0.2) is 17.8 Å². The van der Waals surface area contributed by atoms with E-state index in [1.54, 1.807) is 0 Å². The first-order valence-corrected chi connectivity index (χ1v) is 3.64. The SMILES string of the molecule is C[C@H]1C[C@@H](CCl)NC1=O. The molecule has 0 unspecified atom stereocenters. The van der Waals surface area contributed by atoms with Gasteiger partial charge in [-0.05, 0) is 6.42 Å². The molecule has 1 heterocycles. The number of rotatable bonds is 1. The first-order chi connectivity index (χ1) is 4.24. The van der Waals surface area contributed by atoms with Gasteiger partial charge in [0, 0.05) is 17.8 Å². The van der Waals surface area contributed by atoms with Crippen LogP contribution in [0.5, 0.6) is 0 Å². The second kappa shape index (κ2) is 2.56. The first-order valence-electron chi connectivity index (χ1n) is 3.10. The average Bonchev–Trinajstić information content (AvgIpc) is 2.13. The molecule has 0 bridgehead atoms. The molecule has 1 aliphatic rings. The van der Waals surface area contributed by atoms with E-state index in [1.807, 2.05) is 6.92 Å². The molecule has 0 aromatic carbocycles. The van der Waals surface area contributed by atoms with Crippen molar-refractivity contribution in [1.82, 2.24) is 5.32 Å². The molecule has 1 saturated heterocycles. The molecule has 52 valence electrons. The van der Waals surface area contributed by atoms with E-state index in [2.05, 4.69) is 5.32 Å². The number of alkyl halides is 1. The highest BCUT2D eigenvalue weighted by Gasteiger charge is 2.26. The first kappa shape index (κ1) is 6.87. The summed E-state index contributed by atoms with van der Waals surface area (Å²) in [6.45, 7) is 1.92. The number of nitrogens with one attached hydrogen (secondary N) is 1. The lowest BCUT2D eigenvalue weighted by Gasteiger charge is -2.01. The maximum Gasteiger partial charge on any atom is 0.223 e. The maximum absolute atomic E-state index is 10.8. The van der Waals surface area contributed by atoms with Gasteiger partial charge in [-0.2, -0.15) is 0 Å². The third-order valence-electron chi connectivity index (χ3n) is 1.62. The van der Waals surface area contributed by atoms with E-state index in [-0.39, 0.29) is 17.9 Å². The number of halogens is 1. The van der Waals surface area contributed by atoms with Crippen LogP contribution in [0.3, 0.4) is 0 Å². The highest BCUT2D eigenvalue weighted by molar-refractivity contribution is 6.18. The van der Waals surface area contributed by atoms with E-state index < -0.39 is 0 Å². The number of carbonyl (C=O) groups excluding carboxylic acids is 1. The van der Waals surface area contributed by atoms with Crippen LogP contribution < -0.4 is 5.32 Å². The fourth-order valence-corrected chi connectivity index (χ4v) is 1.24. The Hall–Kier alpha value is -0.240. The van der Waals surface area contributed by atoms with Crippen LogP contribution >= 0.6 is 11.6 Å². The van der Waals surface area contributed by atoms with Gasteiger partial charge in [0.2, 0.25) is 5.91 Å². The van der Waals surface area contributed by atoms with E-state index >= 15 is 0 Å². The lowest BCUT2D eigenvalue weighted by atomic mass is 10.1. The normalized spacial score (nSPS) is 34.7. The molecule has 1 N–H and O–H groups in total. The molecule has 0 saturated carbocycles. The third kappa shape index (κ3) is 1.36. The molecule has 9 heavy (non-hydrogen) atoms. The summed E-state index contributed by atoms with van der Waals surface area (Å²) in [6, 6.07) is 0.217. The van der Waals surface area contributed by atoms with Gasteiger partial charge in [0.1, 0.15) is 0 Å². The standard InChI is InChI=1S/C6H10ClNO/c1-4-2-5(3-7)8-6(4)9/h4-5H,2-3H2,1H3,(H,8,9)/t4-,5-/m0/s1. The van der Waals surface area contributed by atoms with Crippen molar-refractivity contribution in [3.8, 4) is 0 Å². The summed E-state index contributed by atoms with van der Waals surface area (Å²) in [5, 5.41) is 2.78. The van der Waals surface area contributed by atoms with Gasteiger partial charge in [-0.15, -0.1) is 11.6 Å². The van der Waals surface area contributed by atoms with Gasteiger partial charge in [0.15, 0.2) is 0 Å². The Balaban J connectivity index is 2.44. The van der Waals surface area contributed by atoms with Crippen molar-refractivity contribution in [2.75, 3.05) is 5.88 Å². The van der Waals surface area contributed by atoms with E-state index in [1.165, 1.54) is 0 Å². The minimum atomic E-state index is 0.139. The highest BCUT2D eigenvalue weighted by Crippen LogP contribution is 2.14. The van der Waals surface area contributed by atoms with Crippen molar-refractivity contribution >= 4 is 17.5 Å². The van der Waals surface area contributed by atoms with E-state index in [4.69, 9.17) is 11.6 Å². The topological polar surface area (TPSA) is 29.1 Å². The van der Waals surface area contributed by atoms with Crippen LogP contribution in [0.4, 0.5) is 0 Å². The molecule has 1 fully saturated rings. The summed E-state index contributed by atoms with van der Waals surface area (Å²) < 4.78 is 0. The van der Waals surface area contributed by atoms with Crippen molar-refractivity contribution in [3.63, 3.8) is 0 Å². The summed E-state index contributed by atoms with van der Waals surface area (Å²) in [5.41, 5.74) is 0. The Morgan fingerprint density at radius 2 is 2.56 bits per heavy atom. The monoisotopic (exact) mass is 147 g/mol. The van der Waals surface area contributed by atoms with Crippen LogP contribution in [0.15, 0.2) is 0 Å². The van der Waals surface area contributed by atoms with Crippen molar-refractivity contribution < 1.29 is 4.79 Å². The lowest BCUT2D eigenvalue weighted by molar-refractivity contribution is -0.122. The van der Waals surface area contributed by atoms with Crippen LogP contribution in [-0.2, 0) is 4.79 Å². The van der Waals surface area contributed by atoms with E-state index in [0.29, 0.717) is 5.88 Å². The van der Waals surface area contributed by atoms with Gasteiger partial charge in [-0.1, -0.05) is 6.92 Å². The molecule has 2 nitrogen and oxygen atoms in total. The Kier molecular flexibility index (Phi) is 1.96. The third-order valence-corrected chi connectivity index (χ3v) is 1.99. The van der Waals surface area contributed by atoms with Crippen LogP contribution in [0, 0.1) is 5.92 Å². The van der Waals surface area contributed by atoms with Crippen LogP contribution in [0.2, 0.25) is 0 Å². The summed E-state index contributed by atoms with van der Waals surface area (Å²) in [4.78, 5) is 10.8. The molecule has 3 heteroatoms. The van der Waals surface area contributed by atoms with Crippen molar-refractivity contribution in [2.45, 2.75) is 19.4 Å². The summed E-state index contributed by atoms with van der Waals surface area (Å²) in [7, 11) is 0. The predicted octanol–water partition coefficient (Wildman–Crippen LogP) is 0.750. The van der Waals surface area contributed by atoms with Gasteiger partial charge < -0.3 is 5.32 Å². The minimum absolute atomic E-state index is 0.139. The van der Waals surface area contributed by atoms with Gasteiger partial charge >= 0.3 is 0 Å². The zero-order valence-corrected chi connectivity index (χ0v) is 6.11. The molecular weight excluding hydrogens is 138 g/mol. The summed E-state index contributed by atoms with van der Waals surface area (Å²) in [5.74, 6) is 0.838. The molecule has 1 aliphatic heterocycles. The molecule has 0 aliphatic carbocycles. The zero-order valence-electron chi connectivity index (χ0n) is 5.36. The van der Waals surface area contributed by atoms with Gasteiger partial charge in [-0.3, -0.25) is 4.79 Å². The van der Waals surface area contributed by atoms with Crippen LogP contribution in [0.1, 0.15) is 13.3 Å². The molecule has 0 aromatic heterocycles. The Labute approximate surface area is 59.6 Å². The second-order valence-electron chi connectivity index (χ2n) is 2.50. The van der Waals surface area contributed by atoms with E-state index in [9.17, 15) is 4.79 Å². The molecule has 1 rings (SSSR count). The number of hydrogen-bond donors (Lipinski definition) is 1. The zero-order chi connectivity index (χ0) is 6.85. The maximum atomic E-state index is 10.8. The van der Waals surface area contributed by atoms with Crippen molar-refractivity contribution in [1.29, 1.82) is 0 Å². The summed E-state index contributed by atoms with van der Waals surface area (Å²) >= 11 is 5.52. The smallest absolute Gasteiger partial charge is 0.223 e. The average molecular weight is 148 g/mol. The molecule has 0 radical (unpaired) electrons. The van der Waals surface area contributed by atoms with Crippen LogP contribution in [0.25, 0.3) is 0 Å². The largest absolute Gasteiger partial charge is 0.352 e. The fourth-order valence-electron chi connectivity index (χ4n) is 1.04. The molecular formula is C6H10ClNO. The number of carbonyl (C=O) groups is 1. The van der Waals surface area contributed by atoms with Gasteiger partial charge in [0.25, 0.3) is 0 Å². The quantitative estimate of drug-likeness (QED) is 0.545. The van der Waals surface area contributed by atoms with Crippen molar-refractivity contribution in [2.24, 2.45) is 5.92 Å². The molecule has 1 amide bonds. The van der Waals surface area contributed by atoms with E-state index in [0.717, 1.165) is 6.42 Å². The second-order valence-corrected chi connectivity index (χ2v) is 2.81. The number of amides is 1. The Morgan fingerprint density at radius 1 is 1.89 bits per heavy atom. The predicted molar refractivity (Wildman–Crippen MR) is 36.4 cm³/mol. The fraction of sp³-hybridized carbons (Fsp3) is 0.833. The Morgan fingerprint density at radius 3 is 2.78 bits per heavy atom. The molecule has 0 aromatic rings. The molecule has 2 atom stereocenters. The lowest BCUT2D eigenvalue weighted by Crippen LogP contribution is -2.26. The minimum Gasteiger partial charge on any atom is -0.352 e. The Bertz CT molecular complexity index is 126. The number of hydrogen-bond acceptors (Lipinski definition) is 1. The van der Waals surface area contributed by atoms with Gasteiger partial charge in [0.05, 0.1) is 0 Å². The highest BCUT2D eigenvalue weighted by atomic mass is 35.5. The molecule has 0 spiro atoms. The van der Waals surface area contributed by atoms with Crippen molar-refractivity contribution in [3.05, 3.63) is 0 Å². The summed E-state index contributed by atoms with van der Waals surface area (Å²) in [6.07, 6.45) is 0.891. The van der Waals surface area contributed by atoms with Gasteiger partial charge in [-0.25, -0.2) is 0 Å².